The molecular weight excluding hydrogens is 344 g/mol. The van der Waals surface area contributed by atoms with Crippen molar-refractivity contribution in [1.29, 1.82) is 0 Å². The largest absolute Gasteiger partial charge is 0.496 e. The second-order valence-electron chi connectivity index (χ2n) is 9.17. The molecule has 1 aliphatic carbocycles. The van der Waals surface area contributed by atoms with Gasteiger partial charge in [0.2, 0.25) is 5.69 Å². The summed E-state index contributed by atoms with van der Waals surface area (Å²) in [4.78, 5) is 0. The van der Waals surface area contributed by atoms with Crippen LogP contribution in [0.5, 0.6) is 0 Å². The van der Waals surface area contributed by atoms with Crippen molar-refractivity contribution in [3.63, 3.8) is 0 Å². The summed E-state index contributed by atoms with van der Waals surface area (Å²) in [5.41, 5.74) is 5.10. The molecule has 0 spiro atoms. The monoisotopic (exact) mass is 383 g/mol. The average molecular weight is 384 g/mol. The SMILES string of the molecule is C=C(OC)c1c(C)cc2cc1[N+](=C)C(CNC1CCCCC1)C(C)(CC)CC2. The Morgan fingerprint density at radius 3 is 2.64 bits per heavy atom. The highest BCUT2D eigenvalue weighted by atomic mass is 16.5. The van der Waals surface area contributed by atoms with Gasteiger partial charge in [-0.25, -0.2) is 4.58 Å². The molecule has 2 aliphatic rings. The summed E-state index contributed by atoms with van der Waals surface area (Å²) in [7, 11) is 1.71. The van der Waals surface area contributed by atoms with E-state index in [1.165, 1.54) is 49.7 Å². The van der Waals surface area contributed by atoms with Crippen LogP contribution in [-0.4, -0.2) is 37.0 Å². The minimum absolute atomic E-state index is 0.215. The van der Waals surface area contributed by atoms with Crippen LogP contribution in [0.15, 0.2) is 18.7 Å². The van der Waals surface area contributed by atoms with Gasteiger partial charge in [0.1, 0.15) is 12.5 Å². The van der Waals surface area contributed by atoms with Crippen molar-refractivity contribution >= 4 is 18.2 Å². The summed E-state index contributed by atoms with van der Waals surface area (Å²) in [6.45, 7) is 16.7. The maximum Gasteiger partial charge on any atom is 0.216 e. The van der Waals surface area contributed by atoms with Gasteiger partial charge in [-0.3, -0.25) is 0 Å². The molecule has 0 saturated heterocycles. The normalized spacial score (nSPS) is 25.9. The Morgan fingerprint density at radius 2 is 2.00 bits per heavy atom. The van der Waals surface area contributed by atoms with E-state index in [9.17, 15) is 0 Å². The third kappa shape index (κ3) is 4.20. The van der Waals surface area contributed by atoms with Crippen molar-refractivity contribution in [2.45, 2.75) is 84.2 Å². The zero-order chi connectivity index (χ0) is 20.3. The predicted octanol–water partition coefficient (Wildman–Crippen LogP) is 5.61. The highest BCUT2D eigenvalue weighted by molar-refractivity contribution is 5.71. The lowest BCUT2D eigenvalue weighted by Crippen LogP contribution is -2.49. The second-order valence-corrected chi connectivity index (χ2v) is 9.17. The van der Waals surface area contributed by atoms with Crippen LogP contribution in [0.2, 0.25) is 0 Å². The van der Waals surface area contributed by atoms with Gasteiger partial charge in [0, 0.05) is 17.5 Å². The molecule has 1 fully saturated rings. The number of aryl methyl sites for hydroxylation is 2. The molecule has 2 atom stereocenters. The van der Waals surface area contributed by atoms with E-state index in [1.54, 1.807) is 7.11 Å². The molecule has 1 aliphatic heterocycles. The van der Waals surface area contributed by atoms with E-state index < -0.39 is 0 Å². The quantitative estimate of drug-likeness (QED) is 0.510. The smallest absolute Gasteiger partial charge is 0.216 e. The van der Waals surface area contributed by atoms with Crippen molar-refractivity contribution in [3.05, 3.63) is 35.4 Å². The first-order valence-corrected chi connectivity index (χ1v) is 11.1. The standard InChI is InChI=1S/C25H39N2O/c1-7-25(4)14-13-20-15-18(2)24(19(3)28-6)22(16-20)27(5)23(25)17-26-21-11-9-8-10-12-21/h15-16,21,23,26H,3,5,7-14,17H2,1-2,4,6H3/q+1. The van der Waals surface area contributed by atoms with Crippen molar-refractivity contribution in [2.24, 2.45) is 5.41 Å². The highest BCUT2D eigenvalue weighted by Crippen LogP contribution is 2.41. The number of hydrogen-bond donors (Lipinski definition) is 1. The van der Waals surface area contributed by atoms with Crippen LogP contribution in [0.4, 0.5) is 5.69 Å². The maximum absolute atomic E-state index is 5.55. The molecule has 2 bridgehead atoms. The Labute approximate surface area is 171 Å². The Bertz CT molecular complexity index is 732. The molecule has 0 amide bonds. The van der Waals surface area contributed by atoms with E-state index in [2.05, 4.69) is 56.1 Å². The topological polar surface area (TPSA) is 24.3 Å². The van der Waals surface area contributed by atoms with Crippen LogP contribution in [-0.2, 0) is 11.2 Å². The predicted molar refractivity (Wildman–Crippen MR) is 120 cm³/mol. The fraction of sp³-hybridized carbons (Fsp3) is 0.640. The number of methoxy groups -OCH3 is 1. The van der Waals surface area contributed by atoms with Crippen LogP contribution in [0.1, 0.15) is 75.5 Å². The molecule has 1 N–H and O–H groups in total. The van der Waals surface area contributed by atoms with Crippen molar-refractivity contribution in [3.8, 4) is 0 Å². The number of nitrogens with zero attached hydrogens (tertiary/aromatic N) is 1. The van der Waals surface area contributed by atoms with E-state index in [1.807, 2.05) is 0 Å². The Balaban J connectivity index is 1.96. The van der Waals surface area contributed by atoms with Crippen LogP contribution < -0.4 is 5.32 Å². The van der Waals surface area contributed by atoms with Gasteiger partial charge < -0.3 is 10.1 Å². The third-order valence-electron chi connectivity index (χ3n) is 7.39. The Kier molecular flexibility index (Phi) is 6.65. The Hall–Kier alpha value is -1.61. The molecule has 2 unspecified atom stereocenters. The lowest BCUT2D eigenvalue weighted by Gasteiger charge is -2.37. The molecule has 0 radical (unpaired) electrons. The molecule has 1 heterocycles. The van der Waals surface area contributed by atoms with Crippen molar-refractivity contribution in [1.82, 2.24) is 5.32 Å². The third-order valence-corrected chi connectivity index (χ3v) is 7.39. The first-order chi connectivity index (χ1) is 13.4. The minimum Gasteiger partial charge on any atom is -0.496 e. The van der Waals surface area contributed by atoms with Crippen LogP contribution in [0.3, 0.4) is 0 Å². The van der Waals surface area contributed by atoms with Gasteiger partial charge in [0.05, 0.1) is 19.2 Å². The first kappa shape index (κ1) is 21.1. The summed E-state index contributed by atoms with van der Waals surface area (Å²) < 4.78 is 7.82. The van der Waals surface area contributed by atoms with Gasteiger partial charge in [-0.05, 0) is 50.2 Å². The van der Waals surface area contributed by atoms with Gasteiger partial charge >= 0.3 is 0 Å². The van der Waals surface area contributed by atoms with Crippen LogP contribution >= 0.6 is 0 Å². The highest BCUT2D eigenvalue weighted by Gasteiger charge is 2.43. The van der Waals surface area contributed by atoms with E-state index in [-0.39, 0.29) is 5.41 Å². The number of fused-ring (bicyclic) bond motifs is 2. The lowest BCUT2D eigenvalue weighted by molar-refractivity contribution is -0.498. The molecule has 28 heavy (non-hydrogen) atoms. The number of nitrogens with one attached hydrogen (secondary N) is 1. The van der Waals surface area contributed by atoms with E-state index in [4.69, 9.17) is 4.74 Å². The second kappa shape index (κ2) is 8.82. The Morgan fingerprint density at radius 1 is 1.29 bits per heavy atom. The molecule has 3 rings (SSSR count). The van der Waals surface area contributed by atoms with Crippen molar-refractivity contribution < 1.29 is 9.31 Å². The average Bonchev–Trinajstić information content (AvgIpc) is 2.71. The van der Waals surface area contributed by atoms with Crippen LogP contribution in [0, 0.1) is 12.3 Å². The molecule has 3 nitrogen and oxygen atoms in total. The summed E-state index contributed by atoms with van der Waals surface area (Å²) in [5, 5.41) is 3.91. The van der Waals surface area contributed by atoms with Crippen molar-refractivity contribution in [2.75, 3.05) is 13.7 Å². The number of ether oxygens (including phenoxy) is 1. The summed E-state index contributed by atoms with van der Waals surface area (Å²) in [6.07, 6.45) is 10.2. The van der Waals surface area contributed by atoms with E-state index in [0.717, 1.165) is 36.4 Å². The van der Waals surface area contributed by atoms with Gasteiger partial charge in [0.25, 0.3) is 0 Å². The molecule has 1 aromatic rings. The summed E-state index contributed by atoms with van der Waals surface area (Å²) in [5.74, 6) is 0.727. The molecule has 0 aromatic heterocycles. The van der Waals surface area contributed by atoms with E-state index in [0.29, 0.717) is 12.1 Å². The maximum atomic E-state index is 5.55. The zero-order valence-corrected chi connectivity index (χ0v) is 18.4. The molecule has 1 aromatic carbocycles. The van der Waals surface area contributed by atoms with E-state index >= 15 is 0 Å². The fourth-order valence-electron chi connectivity index (χ4n) is 5.17. The van der Waals surface area contributed by atoms with Gasteiger partial charge in [0.15, 0.2) is 6.04 Å². The molecule has 154 valence electrons. The first-order valence-electron chi connectivity index (χ1n) is 11.1. The molecule has 3 heteroatoms. The fourth-order valence-corrected chi connectivity index (χ4v) is 5.17. The minimum atomic E-state index is 0.215. The lowest BCUT2D eigenvalue weighted by atomic mass is 9.73. The summed E-state index contributed by atoms with van der Waals surface area (Å²) >= 11 is 0. The number of hydrogen-bond acceptors (Lipinski definition) is 2. The van der Waals surface area contributed by atoms with Gasteiger partial charge in [-0.1, -0.05) is 45.8 Å². The van der Waals surface area contributed by atoms with Gasteiger partial charge in [-0.2, -0.15) is 0 Å². The molecular formula is C25H39N2O+. The zero-order valence-electron chi connectivity index (χ0n) is 18.4. The van der Waals surface area contributed by atoms with Gasteiger partial charge in [-0.15, -0.1) is 0 Å². The number of rotatable bonds is 6. The summed E-state index contributed by atoms with van der Waals surface area (Å²) in [6, 6.07) is 5.61. The number of benzene rings is 1. The van der Waals surface area contributed by atoms with Crippen LogP contribution in [0.25, 0.3) is 5.76 Å². The molecule has 1 saturated carbocycles.